The smallest absolute Gasteiger partial charge is 0.357 e. The minimum Gasteiger partial charge on any atom is -0.461 e. The highest BCUT2D eigenvalue weighted by molar-refractivity contribution is 5.98. The van der Waals surface area contributed by atoms with Crippen molar-refractivity contribution in [3.63, 3.8) is 0 Å². The Morgan fingerprint density at radius 2 is 1.94 bits per heavy atom. The molecule has 0 spiro atoms. The summed E-state index contributed by atoms with van der Waals surface area (Å²) in [5, 5.41) is 15.4. The Hall–Kier alpha value is -2.62. The first kappa shape index (κ1) is 21.6. The molecule has 166 valence electrons. The maximum absolute atomic E-state index is 12.7. The van der Waals surface area contributed by atoms with Crippen molar-refractivity contribution in [1.82, 2.24) is 14.8 Å². The van der Waals surface area contributed by atoms with Crippen LogP contribution in [-0.4, -0.2) is 40.4 Å². The van der Waals surface area contributed by atoms with Gasteiger partial charge in [-0.15, -0.1) is 0 Å². The summed E-state index contributed by atoms with van der Waals surface area (Å²) in [7, 11) is 0. The van der Waals surface area contributed by atoms with Gasteiger partial charge in [0.15, 0.2) is 11.3 Å². The van der Waals surface area contributed by atoms with Crippen molar-refractivity contribution in [2.24, 2.45) is 5.92 Å². The number of piperidine rings is 1. The van der Waals surface area contributed by atoms with Crippen molar-refractivity contribution in [3.8, 4) is 6.07 Å². The Kier molecular flexibility index (Phi) is 6.45. The van der Waals surface area contributed by atoms with E-state index in [2.05, 4.69) is 29.5 Å². The number of aromatic nitrogens is 3. The van der Waals surface area contributed by atoms with Gasteiger partial charge in [0.25, 0.3) is 0 Å². The monoisotopic (exact) mass is 423 g/mol. The second kappa shape index (κ2) is 9.25. The zero-order chi connectivity index (χ0) is 22.0. The summed E-state index contributed by atoms with van der Waals surface area (Å²) < 4.78 is 7.40. The third-order valence-corrected chi connectivity index (χ3v) is 6.64. The number of ether oxygens (including phenoxy) is 1. The Morgan fingerprint density at radius 3 is 2.55 bits per heavy atom. The molecule has 0 bridgehead atoms. The fourth-order valence-electron chi connectivity index (χ4n) is 4.94. The van der Waals surface area contributed by atoms with Gasteiger partial charge in [-0.2, -0.15) is 10.4 Å². The van der Waals surface area contributed by atoms with E-state index < -0.39 is 0 Å². The van der Waals surface area contributed by atoms with E-state index in [9.17, 15) is 10.1 Å². The number of carbonyl (C=O) groups excluding carboxylic acids is 1. The van der Waals surface area contributed by atoms with E-state index in [1.807, 2.05) is 13.0 Å². The highest BCUT2D eigenvalue weighted by Crippen LogP contribution is 2.38. The average Bonchev–Trinajstić information content (AvgIpc) is 3.19. The average molecular weight is 424 g/mol. The second-order valence-corrected chi connectivity index (χ2v) is 9.11. The fraction of sp³-hybridized carbons (Fsp3) is 0.667. The normalized spacial score (nSPS) is 18.5. The number of hydrogen-bond acceptors (Lipinski definition) is 6. The van der Waals surface area contributed by atoms with E-state index >= 15 is 0 Å². The molecule has 0 amide bonds. The molecular weight excluding hydrogens is 390 g/mol. The van der Waals surface area contributed by atoms with E-state index in [4.69, 9.17) is 14.8 Å². The van der Waals surface area contributed by atoms with Gasteiger partial charge in [0.2, 0.25) is 0 Å². The first-order valence-corrected chi connectivity index (χ1v) is 11.8. The number of pyridine rings is 1. The Morgan fingerprint density at radius 1 is 1.23 bits per heavy atom. The molecule has 2 aromatic heterocycles. The number of carbonyl (C=O) groups is 1. The number of rotatable bonds is 5. The zero-order valence-corrected chi connectivity index (χ0v) is 18.9. The van der Waals surface area contributed by atoms with Gasteiger partial charge in [0, 0.05) is 19.0 Å². The second-order valence-electron chi connectivity index (χ2n) is 9.11. The van der Waals surface area contributed by atoms with E-state index in [1.54, 1.807) is 0 Å². The molecule has 4 rings (SSSR count). The summed E-state index contributed by atoms with van der Waals surface area (Å²) in [6, 6.07) is 4.61. The lowest BCUT2D eigenvalue weighted by Crippen LogP contribution is -2.33. The predicted molar refractivity (Wildman–Crippen MR) is 120 cm³/mol. The van der Waals surface area contributed by atoms with Crippen LogP contribution in [0.3, 0.4) is 0 Å². The Balaban J connectivity index is 1.88. The van der Waals surface area contributed by atoms with Crippen LogP contribution in [0.1, 0.15) is 93.9 Å². The Bertz CT molecular complexity index is 976. The van der Waals surface area contributed by atoms with Crippen LogP contribution in [0, 0.1) is 17.2 Å². The van der Waals surface area contributed by atoms with Crippen LogP contribution >= 0.6 is 0 Å². The van der Waals surface area contributed by atoms with Crippen molar-refractivity contribution >= 4 is 22.7 Å². The van der Waals surface area contributed by atoms with Crippen molar-refractivity contribution in [2.75, 3.05) is 24.6 Å². The number of nitriles is 1. The first-order valence-electron chi connectivity index (χ1n) is 11.8. The van der Waals surface area contributed by atoms with Crippen molar-refractivity contribution in [3.05, 3.63) is 17.5 Å². The van der Waals surface area contributed by atoms with Crippen molar-refractivity contribution in [1.29, 1.82) is 5.26 Å². The van der Waals surface area contributed by atoms with Crippen LogP contribution in [0.2, 0.25) is 0 Å². The van der Waals surface area contributed by atoms with Gasteiger partial charge in [-0.1, -0.05) is 33.1 Å². The molecule has 1 aliphatic heterocycles. The van der Waals surface area contributed by atoms with Gasteiger partial charge in [-0.05, 0) is 44.6 Å². The summed E-state index contributed by atoms with van der Waals surface area (Å²) in [6.07, 6.45) is 7.55. The van der Waals surface area contributed by atoms with E-state index in [0.29, 0.717) is 18.3 Å². The van der Waals surface area contributed by atoms with Crippen LogP contribution in [0.5, 0.6) is 0 Å². The summed E-state index contributed by atoms with van der Waals surface area (Å²) in [5.74, 6) is -0.0364. The lowest BCUT2D eigenvalue weighted by atomic mass is 9.95. The quantitative estimate of drug-likeness (QED) is 0.631. The van der Waals surface area contributed by atoms with Gasteiger partial charge >= 0.3 is 5.97 Å². The van der Waals surface area contributed by atoms with Gasteiger partial charge in [0.1, 0.15) is 0 Å². The number of hydrogen-bond donors (Lipinski definition) is 0. The molecule has 1 saturated carbocycles. The third kappa shape index (κ3) is 4.26. The topological polar surface area (TPSA) is 84.0 Å². The fourth-order valence-corrected chi connectivity index (χ4v) is 4.94. The first-order chi connectivity index (χ1) is 15.0. The lowest BCUT2D eigenvalue weighted by molar-refractivity contribution is 0.0520. The molecule has 2 aromatic rings. The minimum atomic E-state index is -0.389. The molecule has 1 aliphatic carbocycles. The van der Waals surface area contributed by atoms with Crippen LogP contribution in [0.15, 0.2) is 6.07 Å². The zero-order valence-electron chi connectivity index (χ0n) is 18.9. The summed E-state index contributed by atoms with van der Waals surface area (Å²) in [4.78, 5) is 19.8. The summed E-state index contributed by atoms with van der Waals surface area (Å²) in [6.45, 7) is 8.06. The molecule has 31 heavy (non-hydrogen) atoms. The molecular formula is C24H33N5O2. The maximum atomic E-state index is 12.7. The van der Waals surface area contributed by atoms with E-state index in [-0.39, 0.29) is 17.8 Å². The molecule has 0 aromatic carbocycles. The number of fused-ring (bicyclic) bond motifs is 1. The standard InChI is InChI=1S/C24H33N5O2/c1-4-31-24(30)19-14-20(28-12-10-17(15-25)11-13-28)21-22(16(2)3)27-29(23(21)26-19)18-8-6-5-7-9-18/h14,16-18H,4-13H2,1-3H3. The van der Waals surface area contributed by atoms with E-state index in [0.717, 1.165) is 61.2 Å². The van der Waals surface area contributed by atoms with E-state index in [1.165, 1.54) is 19.3 Å². The molecule has 0 unspecified atom stereocenters. The number of anilines is 1. The van der Waals surface area contributed by atoms with Crippen LogP contribution in [-0.2, 0) is 4.74 Å². The van der Waals surface area contributed by atoms with Crippen LogP contribution < -0.4 is 4.90 Å². The molecule has 0 atom stereocenters. The highest BCUT2D eigenvalue weighted by atomic mass is 16.5. The van der Waals surface area contributed by atoms with Gasteiger partial charge in [0.05, 0.1) is 35.5 Å². The van der Waals surface area contributed by atoms with Gasteiger partial charge in [-0.25, -0.2) is 14.5 Å². The maximum Gasteiger partial charge on any atom is 0.357 e. The van der Waals surface area contributed by atoms with Gasteiger partial charge < -0.3 is 9.64 Å². The van der Waals surface area contributed by atoms with Crippen LogP contribution in [0.4, 0.5) is 5.69 Å². The third-order valence-electron chi connectivity index (χ3n) is 6.64. The summed E-state index contributed by atoms with van der Waals surface area (Å²) in [5.41, 5.74) is 3.20. The molecule has 1 saturated heterocycles. The van der Waals surface area contributed by atoms with Crippen LogP contribution in [0.25, 0.3) is 11.0 Å². The molecule has 7 heteroatoms. The van der Waals surface area contributed by atoms with Crippen molar-refractivity contribution < 1.29 is 9.53 Å². The molecule has 0 N–H and O–H groups in total. The molecule has 7 nitrogen and oxygen atoms in total. The van der Waals surface area contributed by atoms with Crippen molar-refractivity contribution in [2.45, 2.75) is 77.7 Å². The highest BCUT2D eigenvalue weighted by Gasteiger charge is 2.29. The minimum absolute atomic E-state index is 0.104. The summed E-state index contributed by atoms with van der Waals surface area (Å²) >= 11 is 0. The lowest BCUT2D eigenvalue weighted by Gasteiger charge is -2.32. The number of esters is 1. The predicted octanol–water partition coefficient (Wildman–Crippen LogP) is 4.98. The molecule has 3 heterocycles. The van der Waals surface area contributed by atoms with Gasteiger partial charge in [-0.3, -0.25) is 0 Å². The SMILES string of the molecule is CCOC(=O)c1cc(N2CCC(C#N)CC2)c2c(C(C)C)nn(C3CCCCC3)c2n1. The molecule has 0 radical (unpaired) electrons. The molecule has 2 aliphatic rings. The molecule has 2 fully saturated rings. The number of nitrogens with zero attached hydrogens (tertiary/aromatic N) is 5. The Labute approximate surface area is 184 Å². The largest absolute Gasteiger partial charge is 0.461 e.